The van der Waals surface area contributed by atoms with E-state index in [0.29, 0.717) is 13.1 Å². The second kappa shape index (κ2) is 6.47. The van der Waals surface area contributed by atoms with Crippen molar-refractivity contribution in [2.75, 3.05) is 24.2 Å². The molecule has 1 aliphatic rings. The lowest BCUT2D eigenvalue weighted by Gasteiger charge is -2.08. The van der Waals surface area contributed by atoms with Gasteiger partial charge < -0.3 is 5.32 Å². The summed E-state index contributed by atoms with van der Waals surface area (Å²) in [5, 5.41) is 4.49. The van der Waals surface area contributed by atoms with Gasteiger partial charge in [-0.1, -0.05) is 0 Å². The maximum Gasteiger partial charge on any atom is 0.211 e. The van der Waals surface area contributed by atoms with E-state index in [9.17, 15) is 8.42 Å². The molecule has 0 fully saturated rings. The zero-order valence-corrected chi connectivity index (χ0v) is 14.2. The molecule has 1 aliphatic carbocycles. The monoisotopic (exact) mass is 340 g/mol. The fourth-order valence-electron chi connectivity index (χ4n) is 2.69. The summed E-state index contributed by atoms with van der Waals surface area (Å²) in [6, 6.07) is 0. The van der Waals surface area contributed by atoms with Crippen molar-refractivity contribution in [3.63, 3.8) is 0 Å². The van der Waals surface area contributed by atoms with Crippen LogP contribution in [0.1, 0.15) is 30.2 Å². The number of nitrogens with one attached hydrogen (secondary N) is 2. The van der Waals surface area contributed by atoms with Gasteiger partial charge in [-0.2, -0.15) is 0 Å². The standard InChI is InChI=1S/C14H20N4O2S2/c1-2-22(19,20)18-8-4-7-15-13-12-10-5-3-6-11(10)21-14(12)17-9-16-13/h9,18H,2-8H2,1H3,(H,15,16,17). The number of aromatic nitrogens is 2. The first-order chi connectivity index (χ1) is 10.6. The normalized spacial score (nSPS) is 14.4. The van der Waals surface area contributed by atoms with Gasteiger partial charge in [0.25, 0.3) is 0 Å². The third-order valence-electron chi connectivity index (χ3n) is 3.85. The van der Waals surface area contributed by atoms with E-state index in [-0.39, 0.29) is 5.75 Å². The molecule has 0 saturated carbocycles. The molecule has 22 heavy (non-hydrogen) atoms. The van der Waals surface area contributed by atoms with Gasteiger partial charge >= 0.3 is 0 Å². The number of hydrogen-bond acceptors (Lipinski definition) is 6. The minimum atomic E-state index is -3.10. The predicted molar refractivity (Wildman–Crippen MR) is 90.0 cm³/mol. The van der Waals surface area contributed by atoms with Gasteiger partial charge in [0.1, 0.15) is 17.0 Å². The first-order valence-electron chi connectivity index (χ1n) is 7.57. The number of fused-ring (bicyclic) bond motifs is 3. The average Bonchev–Trinajstić information content (AvgIpc) is 3.07. The first kappa shape index (κ1) is 15.6. The molecular weight excluding hydrogens is 320 g/mol. The van der Waals surface area contributed by atoms with Crippen molar-refractivity contribution in [2.45, 2.75) is 32.6 Å². The number of sulfonamides is 1. The van der Waals surface area contributed by atoms with Crippen molar-refractivity contribution in [2.24, 2.45) is 0 Å². The quantitative estimate of drug-likeness (QED) is 0.752. The number of nitrogens with zero attached hydrogens (tertiary/aromatic N) is 2. The SMILES string of the molecule is CCS(=O)(=O)NCCCNc1ncnc2sc3c(c12)CCC3. The van der Waals surface area contributed by atoms with E-state index >= 15 is 0 Å². The Labute approximate surface area is 134 Å². The Morgan fingerprint density at radius 3 is 2.95 bits per heavy atom. The third-order valence-corrected chi connectivity index (χ3v) is 6.45. The highest BCUT2D eigenvalue weighted by Gasteiger charge is 2.20. The lowest BCUT2D eigenvalue weighted by molar-refractivity contribution is 0.581. The van der Waals surface area contributed by atoms with Crippen LogP contribution in [0.15, 0.2) is 6.33 Å². The van der Waals surface area contributed by atoms with Crippen LogP contribution < -0.4 is 10.0 Å². The minimum absolute atomic E-state index is 0.119. The van der Waals surface area contributed by atoms with E-state index in [2.05, 4.69) is 20.0 Å². The highest BCUT2D eigenvalue weighted by atomic mass is 32.2. The van der Waals surface area contributed by atoms with E-state index in [1.807, 2.05) is 0 Å². The molecule has 0 atom stereocenters. The lowest BCUT2D eigenvalue weighted by atomic mass is 10.2. The van der Waals surface area contributed by atoms with Crippen LogP contribution >= 0.6 is 11.3 Å². The molecular formula is C14H20N4O2S2. The fraction of sp³-hybridized carbons (Fsp3) is 0.571. The fourth-order valence-corrected chi connectivity index (χ4v) is 4.58. The molecule has 0 radical (unpaired) electrons. The van der Waals surface area contributed by atoms with Crippen LogP contribution in [0, 0.1) is 0 Å². The van der Waals surface area contributed by atoms with Crippen molar-refractivity contribution in [1.29, 1.82) is 0 Å². The Hall–Kier alpha value is -1.25. The number of thiophene rings is 1. The Bertz CT molecular complexity index is 770. The van der Waals surface area contributed by atoms with Crippen molar-refractivity contribution in [3.8, 4) is 0 Å². The van der Waals surface area contributed by atoms with Crippen LogP contribution in [-0.2, 0) is 22.9 Å². The largest absolute Gasteiger partial charge is 0.369 e. The van der Waals surface area contributed by atoms with E-state index in [0.717, 1.165) is 35.3 Å². The number of aryl methyl sites for hydroxylation is 2. The Kier molecular flexibility index (Phi) is 4.60. The van der Waals surface area contributed by atoms with Gasteiger partial charge in [-0.3, -0.25) is 0 Å². The summed E-state index contributed by atoms with van der Waals surface area (Å²) in [4.78, 5) is 11.2. The lowest BCUT2D eigenvalue weighted by Crippen LogP contribution is -2.27. The van der Waals surface area contributed by atoms with Crippen LogP contribution in [0.4, 0.5) is 5.82 Å². The molecule has 2 aromatic rings. The van der Waals surface area contributed by atoms with Crippen LogP contribution in [0.5, 0.6) is 0 Å². The maximum absolute atomic E-state index is 11.3. The highest BCUT2D eigenvalue weighted by molar-refractivity contribution is 7.89. The molecule has 6 nitrogen and oxygen atoms in total. The summed E-state index contributed by atoms with van der Waals surface area (Å²) >= 11 is 1.77. The molecule has 0 aromatic carbocycles. The summed E-state index contributed by atoms with van der Waals surface area (Å²) in [6.07, 6.45) is 5.78. The van der Waals surface area contributed by atoms with Crippen molar-refractivity contribution >= 4 is 37.4 Å². The van der Waals surface area contributed by atoms with Crippen molar-refractivity contribution in [1.82, 2.24) is 14.7 Å². The van der Waals surface area contributed by atoms with Gasteiger partial charge in [0, 0.05) is 18.0 Å². The summed E-state index contributed by atoms with van der Waals surface area (Å²) in [7, 11) is -3.10. The molecule has 0 amide bonds. The zero-order chi connectivity index (χ0) is 15.6. The van der Waals surface area contributed by atoms with Gasteiger partial charge in [-0.25, -0.2) is 23.1 Å². The van der Waals surface area contributed by atoms with Crippen LogP contribution in [0.3, 0.4) is 0 Å². The van der Waals surface area contributed by atoms with Gasteiger partial charge in [-0.15, -0.1) is 11.3 Å². The number of hydrogen-bond donors (Lipinski definition) is 2. The molecule has 0 aliphatic heterocycles. The topological polar surface area (TPSA) is 84.0 Å². The second-order valence-electron chi connectivity index (χ2n) is 5.34. The van der Waals surface area contributed by atoms with E-state index in [1.165, 1.54) is 16.9 Å². The zero-order valence-electron chi connectivity index (χ0n) is 12.6. The van der Waals surface area contributed by atoms with E-state index < -0.39 is 10.0 Å². The summed E-state index contributed by atoms with van der Waals surface area (Å²) < 4.78 is 25.3. The Morgan fingerprint density at radius 2 is 2.14 bits per heavy atom. The molecule has 2 heterocycles. The molecule has 3 rings (SSSR count). The van der Waals surface area contributed by atoms with Gasteiger partial charge in [0.2, 0.25) is 10.0 Å². The van der Waals surface area contributed by atoms with E-state index in [4.69, 9.17) is 0 Å². The van der Waals surface area contributed by atoms with Crippen LogP contribution in [-0.4, -0.2) is 37.2 Å². The van der Waals surface area contributed by atoms with E-state index in [1.54, 1.807) is 24.6 Å². The summed E-state index contributed by atoms with van der Waals surface area (Å²) in [5.41, 5.74) is 1.40. The van der Waals surface area contributed by atoms with Crippen molar-refractivity contribution in [3.05, 3.63) is 16.8 Å². The molecule has 0 spiro atoms. The molecule has 8 heteroatoms. The third kappa shape index (κ3) is 3.23. The molecule has 120 valence electrons. The highest BCUT2D eigenvalue weighted by Crippen LogP contribution is 2.38. The summed E-state index contributed by atoms with van der Waals surface area (Å²) in [6.45, 7) is 2.76. The molecule has 0 saturated heterocycles. The van der Waals surface area contributed by atoms with Gasteiger partial charge in [-0.05, 0) is 38.2 Å². The average molecular weight is 340 g/mol. The smallest absolute Gasteiger partial charge is 0.211 e. The molecule has 2 N–H and O–H groups in total. The Morgan fingerprint density at radius 1 is 1.27 bits per heavy atom. The van der Waals surface area contributed by atoms with Crippen LogP contribution in [0.25, 0.3) is 10.2 Å². The van der Waals surface area contributed by atoms with Gasteiger partial charge in [0.15, 0.2) is 0 Å². The van der Waals surface area contributed by atoms with Crippen molar-refractivity contribution < 1.29 is 8.42 Å². The first-order valence-corrected chi connectivity index (χ1v) is 10.0. The van der Waals surface area contributed by atoms with Crippen LogP contribution in [0.2, 0.25) is 0 Å². The van der Waals surface area contributed by atoms with Gasteiger partial charge in [0.05, 0.1) is 11.1 Å². The summed E-state index contributed by atoms with van der Waals surface area (Å²) in [5.74, 6) is 0.997. The molecule has 0 bridgehead atoms. The molecule has 2 aromatic heterocycles. The molecule has 0 unspecified atom stereocenters. The maximum atomic E-state index is 11.3. The second-order valence-corrected chi connectivity index (χ2v) is 8.52. The minimum Gasteiger partial charge on any atom is -0.369 e. The Balaban J connectivity index is 1.63. The number of rotatable bonds is 7. The predicted octanol–water partition coefficient (Wildman–Crippen LogP) is 1.92. The number of anilines is 1.